The van der Waals surface area contributed by atoms with E-state index in [1.54, 1.807) is 0 Å². The third kappa shape index (κ3) is 6.49. The Morgan fingerprint density at radius 3 is 3.00 bits per heavy atom. The van der Waals surface area contributed by atoms with E-state index >= 15 is 0 Å². The average molecular weight is 338 g/mol. The molecule has 0 radical (unpaired) electrons. The Bertz CT molecular complexity index is 496. The number of nitrogens with zero attached hydrogens (tertiary/aromatic N) is 2. The summed E-state index contributed by atoms with van der Waals surface area (Å²) in [6, 6.07) is 1.96. The first-order chi connectivity index (χ1) is 11.7. The SMILES string of the molecule is CCNC(=NCc1cc(C(C)C)no1)NCCOCC1CCCO1. The summed E-state index contributed by atoms with van der Waals surface area (Å²) in [6.07, 6.45) is 2.52. The summed E-state index contributed by atoms with van der Waals surface area (Å²) in [7, 11) is 0. The molecular weight excluding hydrogens is 308 g/mol. The van der Waals surface area contributed by atoms with Crippen LogP contribution in [0.15, 0.2) is 15.6 Å². The predicted molar refractivity (Wildman–Crippen MR) is 93.2 cm³/mol. The zero-order valence-electron chi connectivity index (χ0n) is 15.0. The molecule has 0 spiro atoms. The number of aromatic nitrogens is 1. The van der Waals surface area contributed by atoms with Crippen molar-refractivity contribution in [2.24, 2.45) is 4.99 Å². The van der Waals surface area contributed by atoms with E-state index < -0.39 is 0 Å². The van der Waals surface area contributed by atoms with Gasteiger partial charge in [0.25, 0.3) is 0 Å². The minimum Gasteiger partial charge on any atom is -0.377 e. The van der Waals surface area contributed by atoms with Gasteiger partial charge in [-0.3, -0.25) is 0 Å². The molecule has 7 nitrogen and oxygen atoms in total. The van der Waals surface area contributed by atoms with Crippen LogP contribution in [-0.4, -0.2) is 50.1 Å². The van der Waals surface area contributed by atoms with Crippen molar-refractivity contribution in [3.05, 3.63) is 17.5 Å². The second kappa shape index (κ2) is 10.3. The Morgan fingerprint density at radius 1 is 1.46 bits per heavy atom. The van der Waals surface area contributed by atoms with Crippen LogP contribution in [0.2, 0.25) is 0 Å². The van der Waals surface area contributed by atoms with Crippen molar-refractivity contribution in [2.45, 2.75) is 52.2 Å². The van der Waals surface area contributed by atoms with Gasteiger partial charge in [0.15, 0.2) is 11.7 Å². The maximum absolute atomic E-state index is 5.64. The van der Waals surface area contributed by atoms with Gasteiger partial charge in [-0.1, -0.05) is 19.0 Å². The van der Waals surface area contributed by atoms with Gasteiger partial charge >= 0.3 is 0 Å². The Balaban J connectivity index is 1.69. The van der Waals surface area contributed by atoms with Gasteiger partial charge in [-0.15, -0.1) is 0 Å². The van der Waals surface area contributed by atoms with Crippen molar-refractivity contribution < 1.29 is 14.0 Å². The monoisotopic (exact) mass is 338 g/mol. The fourth-order valence-corrected chi connectivity index (χ4v) is 2.41. The van der Waals surface area contributed by atoms with E-state index in [0.717, 1.165) is 43.4 Å². The summed E-state index contributed by atoms with van der Waals surface area (Å²) in [5.41, 5.74) is 0.959. The lowest BCUT2D eigenvalue weighted by Gasteiger charge is -2.13. The molecule has 1 unspecified atom stereocenters. The van der Waals surface area contributed by atoms with Crippen molar-refractivity contribution in [1.29, 1.82) is 0 Å². The minimum atomic E-state index is 0.272. The van der Waals surface area contributed by atoms with Gasteiger partial charge in [-0.2, -0.15) is 0 Å². The number of rotatable bonds is 9. The van der Waals surface area contributed by atoms with Crippen molar-refractivity contribution in [3.63, 3.8) is 0 Å². The molecule has 24 heavy (non-hydrogen) atoms. The molecule has 136 valence electrons. The van der Waals surface area contributed by atoms with E-state index in [1.165, 1.54) is 0 Å². The fourth-order valence-electron chi connectivity index (χ4n) is 2.41. The summed E-state index contributed by atoms with van der Waals surface area (Å²) in [5.74, 6) is 1.88. The molecule has 0 aliphatic carbocycles. The lowest BCUT2D eigenvalue weighted by atomic mass is 10.1. The van der Waals surface area contributed by atoms with E-state index in [-0.39, 0.29) is 6.10 Å². The summed E-state index contributed by atoms with van der Waals surface area (Å²) in [4.78, 5) is 4.51. The molecule has 2 N–H and O–H groups in total. The Morgan fingerprint density at radius 2 is 2.33 bits per heavy atom. The first-order valence-corrected chi connectivity index (χ1v) is 8.86. The molecule has 0 bridgehead atoms. The highest BCUT2D eigenvalue weighted by atomic mass is 16.5. The molecule has 0 amide bonds. The molecule has 1 aliphatic heterocycles. The first kappa shape index (κ1) is 18.7. The van der Waals surface area contributed by atoms with E-state index in [1.807, 2.05) is 13.0 Å². The summed E-state index contributed by atoms with van der Waals surface area (Å²) in [5, 5.41) is 10.5. The van der Waals surface area contributed by atoms with Gasteiger partial charge < -0.3 is 24.6 Å². The lowest BCUT2D eigenvalue weighted by Crippen LogP contribution is -2.39. The largest absolute Gasteiger partial charge is 0.377 e. The second-order valence-electron chi connectivity index (χ2n) is 6.20. The zero-order chi connectivity index (χ0) is 17.2. The van der Waals surface area contributed by atoms with E-state index in [9.17, 15) is 0 Å². The summed E-state index contributed by atoms with van der Waals surface area (Å²) >= 11 is 0. The molecular formula is C17H30N4O3. The normalized spacial score (nSPS) is 18.3. The smallest absolute Gasteiger partial charge is 0.191 e. The maximum atomic E-state index is 5.64. The number of hydrogen-bond acceptors (Lipinski definition) is 5. The second-order valence-corrected chi connectivity index (χ2v) is 6.20. The van der Waals surface area contributed by atoms with Gasteiger partial charge in [0.05, 0.1) is 25.0 Å². The van der Waals surface area contributed by atoms with Crippen LogP contribution in [-0.2, 0) is 16.0 Å². The van der Waals surface area contributed by atoms with E-state index in [2.05, 4.69) is 34.6 Å². The molecule has 0 saturated carbocycles. The van der Waals surface area contributed by atoms with Gasteiger partial charge in [-0.25, -0.2) is 4.99 Å². The van der Waals surface area contributed by atoms with Crippen LogP contribution < -0.4 is 10.6 Å². The molecule has 1 aliphatic rings. The zero-order valence-corrected chi connectivity index (χ0v) is 15.0. The highest BCUT2D eigenvalue weighted by Gasteiger charge is 2.15. The van der Waals surface area contributed by atoms with Crippen LogP contribution in [0.3, 0.4) is 0 Å². The highest BCUT2D eigenvalue weighted by Crippen LogP contribution is 2.14. The van der Waals surface area contributed by atoms with Crippen LogP contribution >= 0.6 is 0 Å². The molecule has 2 heterocycles. The molecule has 1 aromatic heterocycles. The van der Waals surface area contributed by atoms with Crippen molar-refractivity contribution >= 4 is 5.96 Å². The number of hydrogen-bond donors (Lipinski definition) is 2. The highest BCUT2D eigenvalue weighted by molar-refractivity contribution is 5.79. The van der Waals surface area contributed by atoms with Crippen LogP contribution in [0.5, 0.6) is 0 Å². The number of guanidine groups is 1. The van der Waals surface area contributed by atoms with Gasteiger partial charge in [0.1, 0.15) is 6.54 Å². The fraction of sp³-hybridized carbons (Fsp3) is 0.765. The molecule has 2 rings (SSSR count). The van der Waals surface area contributed by atoms with Crippen molar-refractivity contribution in [1.82, 2.24) is 15.8 Å². The Kier molecular flexibility index (Phi) is 8.04. The molecule has 0 aromatic carbocycles. The molecule has 1 saturated heterocycles. The van der Waals surface area contributed by atoms with Gasteiger partial charge in [0, 0.05) is 25.8 Å². The summed E-state index contributed by atoms with van der Waals surface area (Å²) in [6.45, 7) is 10.4. The Hall–Kier alpha value is -1.60. The molecule has 7 heteroatoms. The standard InChI is InChI=1S/C17H30N4O3/c1-4-18-17(19-7-9-22-12-14-6-5-8-23-14)20-11-15-10-16(13(2)3)21-24-15/h10,13-14H,4-9,11-12H2,1-3H3,(H2,18,19,20). The predicted octanol–water partition coefficient (Wildman–Crippen LogP) is 2.05. The van der Waals surface area contributed by atoms with Crippen molar-refractivity contribution in [2.75, 3.05) is 32.9 Å². The number of nitrogens with one attached hydrogen (secondary N) is 2. The van der Waals surface area contributed by atoms with Crippen LogP contribution in [0, 0.1) is 0 Å². The summed E-state index contributed by atoms with van der Waals surface area (Å²) < 4.78 is 16.5. The first-order valence-electron chi connectivity index (χ1n) is 8.86. The topological polar surface area (TPSA) is 80.9 Å². The maximum Gasteiger partial charge on any atom is 0.191 e. The van der Waals surface area contributed by atoms with Crippen LogP contribution in [0.25, 0.3) is 0 Å². The van der Waals surface area contributed by atoms with Crippen LogP contribution in [0.1, 0.15) is 51.0 Å². The number of aliphatic imine (C=N–C) groups is 1. The third-order valence-electron chi connectivity index (χ3n) is 3.77. The van der Waals surface area contributed by atoms with E-state index in [0.29, 0.717) is 32.2 Å². The van der Waals surface area contributed by atoms with Crippen LogP contribution in [0.4, 0.5) is 0 Å². The molecule has 1 aromatic rings. The van der Waals surface area contributed by atoms with E-state index in [4.69, 9.17) is 14.0 Å². The van der Waals surface area contributed by atoms with Crippen molar-refractivity contribution in [3.8, 4) is 0 Å². The molecule has 1 atom stereocenters. The minimum absolute atomic E-state index is 0.272. The Labute approximate surface area is 144 Å². The average Bonchev–Trinajstić information content (AvgIpc) is 3.23. The van der Waals surface area contributed by atoms with Gasteiger partial charge in [0.2, 0.25) is 0 Å². The third-order valence-corrected chi connectivity index (χ3v) is 3.77. The molecule has 1 fully saturated rings. The number of ether oxygens (including phenoxy) is 2. The lowest BCUT2D eigenvalue weighted by molar-refractivity contribution is 0.0191. The van der Waals surface area contributed by atoms with Gasteiger partial charge in [-0.05, 0) is 25.7 Å². The quantitative estimate of drug-likeness (QED) is 0.407.